The van der Waals surface area contributed by atoms with Gasteiger partial charge in [0.2, 0.25) is 0 Å². The van der Waals surface area contributed by atoms with Gasteiger partial charge in [0.1, 0.15) is 0 Å². The molecule has 0 fully saturated rings. The highest BCUT2D eigenvalue weighted by Gasteiger charge is 2.25. The number of benzene rings is 1. The quantitative estimate of drug-likeness (QED) is 0.349. The Bertz CT molecular complexity index is 737. The minimum atomic E-state index is -0.674. The number of ketones is 1. The Balaban J connectivity index is 3.19. The van der Waals surface area contributed by atoms with Crippen molar-refractivity contribution in [1.82, 2.24) is 0 Å². The SMILES string of the molecule is CCC(C)(C)CC(=O)Oc1cc(C(=O)C(N)C(C)C)ccc1OC(=O)CC(C)C. The average molecular weight is 406 g/mol. The smallest absolute Gasteiger partial charge is 0.311 e. The number of rotatable bonds is 10. The summed E-state index contributed by atoms with van der Waals surface area (Å²) in [5.41, 5.74) is 6.06. The molecule has 0 aliphatic rings. The summed E-state index contributed by atoms with van der Waals surface area (Å²) in [5.74, 6) is -0.869. The number of ether oxygens (including phenoxy) is 2. The lowest BCUT2D eigenvalue weighted by molar-refractivity contribution is -0.138. The largest absolute Gasteiger partial charge is 0.423 e. The topological polar surface area (TPSA) is 95.7 Å². The number of nitrogens with two attached hydrogens (primary N) is 1. The van der Waals surface area contributed by atoms with Crippen LogP contribution in [-0.2, 0) is 9.59 Å². The zero-order valence-electron chi connectivity index (χ0n) is 18.7. The molecular weight excluding hydrogens is 370 g/mol. The molecule has 0 spiro atoms. The highest BCUT2D eigenvalue weighted by atomic mass is 16.6. The third-order valence-corrected chi connectivity index (χ3v) is 4.85. The highest BCUT2D eigenvalue weighted by molar-refractivity contribution is 6.00. The Kier molecular flexibility index (Phi) is 9.02. The Labute approximate surface area is 174 Å². The van der Waals surface area contributed by atoms with Crippen LogP contribution in [0.3, 0.4) is 0 Å². The van der Waals surface area contributed by atoms with Crippen molar-refractivity contribution >= 4 is 17.7 Å². The first-order chi connectivity index (χ1) is 13.4. The first-order valence-electron chi connectivity index (χ1n) is 10.2. The molecule has 162 valence electrons. The van der Waals surface area contributed by atoms with Crippen molar-refractivity contribution in [2.45, 2.75) is 73.8 Å². The first-order valence-corrected chi connectivity index (χ1v) is 10.2. The number of carbonyl (C=O) groups excluding carboxylic acids is 3. The van der Waals surface area contributed by atoms with Gasteiger partial charge < -0.3 is 15.2 Å². The molecule has 29 heavy (non-hydrogen) atoms. The van der Waals surface area contributed by atoms with Crippen molar-refractivity contribution in [1.29, 1.82) is 0 Å². The van der Waals surface area contributed by atoms with E-state index in [-0.39, 0.29) is 47.4 Å². The second kappa shape index (κ2) is 10.5. The van der Waals surface area contributed by atoms with Crippen LogP contribution in [0.15, 0.2) is 18.2 Å². The predicted molar refractivity (Wildman–Crippen MR) is 113 cm³/mol. The van der Waals surface area contributed by atoms with E-state index in [1.165, 1.54) is 18.2 Å². The Morgan fingerprint density at radius 3 is 2.10 bits per heavy atom. The number of Topliss-reactive ketones (excluding diaryl/α,β-unsaturated/α-hetero) is 1. The lowest BCUT2D eigenvalue weighted by atomic mass is 9.87. The van der Waals surface area contributed by atoms with Crippen LogP contribution in [0.1, 0.15) is 78.1 Å². The minimum absolute atomic E-state index is 0.0394. The maximum absolute atomic E-state index is 12.6. The van der Waals surface area contributed by atoms with Gasteiger partial charge >= 0.3 is 11.9 Å². The molecule has 0 saturated heterocycles. The van der Waals surface area contributed by atoms with Gasteiger partial charge in [0, 0.05) is 12.0 Å². The van der Waals surface area contributed by atoms with Crippen molar-refractivity contribution in [3.63, 3.8) is 0 Å². The van der Waals surface area contributed by atoms with Crippen LogP contribution < -0.4 is 15.2 Å². The van der Waals surface area contributed by atoms with Crippen LogP contribution >= 0.6 is 0 Å². The Morgan fingerprint density at radius 2 is 1.59 bits per heavy atom. The maximum atomic E-state index is 12.6. The van der Waals surface area contributed by atoms with Gasteiger partial charge in [-0.05, 0) is 35.4 Å². The van der Waals surface area contributed by atoms with Gasteiger partial charge in [-0.2, -0.15) is 0 Å². The van der Waals surface area contributed by atoms with E-state index in [2.05, 4.69) is 0 Å². The van der Waals surface area contributed by atoms with E-state index in [1.54, 1.807) is 0 Å². The lowest BCUT2D eigenvalue weighted by Gasteiger charge is -2.21. The van der Waals surface area contributed by atoms with Gasteiger partial charge in [-0.15, -0.1) is 0 Å². The number of carbonyl (C=O) groups is 3. The highest BCUT2D eigenvalue weighted by Crippen LogP contribution is 2.32. The van der Waals surface area contributed by atoms with Crippen molar-refractivity contribution in [3.05, 3.63) is 23.8 Å². The van der Waals surface area contributed by atoms with E-state index in [9.17, 15) is 14.4 Å². The van der Waals surface area contributed by atoms with Crippen molar-refractivity contribution in [2.24, 2.45) is 23.0 Å². The van der Waals surface area contributed by atoms with E-state index < -0.39 is 18.0 Å². The van der Waals surface area contributed by atoms with E-state index in [0.717, 1.165) is 6.42 Å². The van der Waals surface area contributed by atoms with Crippen molar-refractivity contribution in [3.8, 4) is 11.5 Å². The normalized spacial score (nSPS) is 12.8. The Morgan fingerprint density at radius 1 is 1.00 bits per heavy atom. The fraction of sp³-hybridized carbons (Fsp3) is 0.609. The van der Waals surface area contributed by atoms with E-state index >= 15 is 0 Å². The zero-order chi connectivity index (χ0) is 22.4. The van der Waals surface area contributed by atoms with Crippen LogP contribution in [0.4, 0.5) is 0 Å². The van der Waals surface area contributed by atoms with Gasteiger partial charge in [0.05, 0.1) is 12.5 Å². The maximum Gasteiger partial charge on any atom is 0.311 e. The molecule has 0 saturated carbocycles. The molecule has 0 aliphatic heterocycles. The molecule has 0 amide bonds. The van der Waals surface area contributed by atoms with Gasteiger partial charge in [-0.3, -0.25) is 14.4 Å². The summed E-state index contributed by atoms with van der Waals surface area (Å²) >= 11 is 0. The van der Waals surface area contributed by atoms with E-state index in [0.29, 0.717) is 5.56 Å². The summed E-state index contributed by atoms with van der Waals surface area (Å²) in [4.78, 5) is 37.2. The van der Waals surface area contributed by atoms with E-state index in [4.69, 9.17) is 15.2 Å². The van der Waals surface area contributed by atoms with Crippen molar-refractivity contribution in [2.75, 3.05) is 0 Å². The molecule has 1 rings (SSSR count). The van der Waals surface area contributed by atoms with Crippen LogP contribution in [-0.4, -0.2) is 23.8 Å². The molecule has 0 aromatic heterocycles. The molecular formula is C23H35NO5. The zero-order valence-corrected chi connectivity index (χ0v) is 18.7. The number of hydrogen-bond donors (Lipinski definition) is 1. The standard InChI is InChI=1S/C23H35NO5/c1-8-23(6,7)13-20(26)29-18-12-16(22(27)21(24)15(4)5)9-10-17(18)28-19(25)11-14(2)3/h9-10,12,14-15,21H,8,11,13,24H2,1-7H3. The average Bonchev–Trinajstić information content (AvgIpc) is 2.60. The van der Waals surface area contributed by atoms with Gasteiger partial charge in [0.15, 0.2) is 17.3 Å². The summed E-state index contributed by atoms with van der Waals surface area (Å²) < 4.78 is 10.9. The molecule has 0 aliphatic carbocycles. The molecule has 0 bridgehead atoms. The second-order valence-corrected chi connectivity index (χ2v) is 9.04. The third-order valence-electron chi connectivity index (χ3n) is 4.85. The summed E-state index contributed by atoms with van der Waals surface area (Å²) in [5, 5.41) is 0. The molecule has 1 aromatic rings. The van der Waals surface area contributed by atoms with Gasteiger partial charge in [0.25, 0.3) is 0 Å². The Hall–Kier alpha value is -2.21. The lowest BCUT2D eigenvalue weighted by Crippen LogP contribution is -2.35. The fourth-order valence-electron chi connectivity index (χ4n) is 2.49. The number of hydrogen-bond acceptors (Lipinski definition) is 6. The summed E-state index contributed by atoms with van der Waals surface area (Å²) in [6, 6.07) is 3.77. The minimum Gasteiger partial charge on any atom is -0.423 e. The van der Waals surface area contributed by atoms with Crippen LogP contribution in [0.5, 0.6) is 11.5 Å². The first kappa shape index (κ1) is 24.8. The number of esters is 2. The van der Waals surface area contributed by atoms with E-state index in [1.807, 2.05) is 48.5 Å². The molecule has 1 unspecified atom stereocenters. The second-order valence-electron chi connectivity index (χ2n) is 9.04. The monoisotopic (exact) mass is 405 g/mol. The van der Waals surface area contributed by atoms with Gasteiger partial charge in [-0.25, -0.2) is 0 Å². The molecule has 6 heteroatoms. The van der Waals surface area contributed by atoms with Crippen LogP contribution in [0.25, 0.3) is 0 Å². The van der Waals surface area contributed by atoms with Crippen LogP contribution in [0, 0.1) is 17.3 Å². The summed E-state index contributed by atoms with van der Waals surface area (Å²) in [7, 11) is 0. The fourth-order valence-corrected chi connectivity index (χ4v) is 2.49. The predicted octanol–water partition coefficient (Wildman–Crippen LogP) is 4.54. The summed E-state index contributed by atoms with van der Waals surface area (Å²) in [6.07, 6.45) is 1.24. The summed E-state index contributed by atoms with van der Waals surface area (Å²) in [6.45, 7) is 13.5. The van der Waals surface area contributed by atoms with Gasteiger partial charge in [-0.1, -0.05) is 54.9 Å². The molecule has 0 radical (unpaired) electrons. The molecule has 6 nitrogen and oxygen atoms in total. The van der Waals surface area contributed by atoms with Crippen molar-refractivity contribution < 1.29 is 23.9 Å². The molecule has 1 atom stereocenters. The van der Waals surface area contributed by atoms with Crippen LogP contribution in [0.2, 0.25) is 0 Å². The third kappa shape index (κ3) is 7.97. The molecule has 0 heterocycles. The molecule has 1 aromatic carbocycles. The molecule has 2 N–H and O–H groups in total.